The molecular weight excluding hydrogens is 417 g/mol. The fourth-order valence-corrected chi connectivity index (χ4v) is 5.57. The standard InChI is InChI=1S/C16H15F3N4O3S2/c17-16(18,19)13-9-10(21-22-13)12-4-5-14(26-12)28(24,25)23-7-2-1-3-11(23)15-20-6-8-27-15/h4-6,8-9,11H,1-3,7H2,(H,21,22)/t11-/m0/s1. The van der Waals surface area contributed by atoms with Crippen LogP contribution in [0, 0.1) is 0 Å². The predicted octanol–water partition coefficient (Wildman–Crippen LogP) is 4.06. The monoisotopic (exact) mass is 432 g/mol. The summed E-state index contributed by atoms with van der Waals surface area (Å²) in [6.07, 6.45) is -0.716. The van der Waals surface area contributed by atoms with Gasteiger partial charge in [0.15, 0.2) is 5.76 Å². The average Bonchev–Trinajstić information content (AvgIpc) is 3.41. The van der Waals surface area contributed by atoms with E-state index in [0.29, 0.717) is 24.4 Å². The molecule has 4 rings (SSSR count). The van der Waals surface area contributed by atoms with Crippen molar-refractivity contribution in [3.05, 3.63) is 40.5 Å². The van der Waals surface area contributed by atoms with Crippen molar-refractivity contribution in [3.63, 3.8) is 0 Å². The zero-order valence-electron chi connectivity index (χ0n) is 14.3. The Morgan fingerprint density at radius 1 is 1.29 bits per heavy atom. The van der Waals surface area contributed by atoms with Crippen LogP contribution < -0.4 is 0 Å². The summed E-state index contributed by atoms with van der Waals surface area (Å²) in [5, 5.41) is 7.60. The Labute approximate surface area is 162 Å². The third-order valence-electron chi connectivity index (χ3n) is 4.47. The summed E-state index contributed by atoms with van der Waals surface area (Å²) in [5.41, 5.74) is -1.16. The molecule has 1 N–H and O–H groups in total. The molecule has 1 fully saturated rings. The molecule has 0 aromatic carbocycles. The molecule has 0 unspecified atom stereocenters. The van der Waals surface area contributed by atoms with E-state index in [1.165, 1.54) is 27.8 Å². The molecule has 28 heavy (non-hydrogen) atoms. The SMILES string of the molecule is O=S(=O)(c1ccc(-c2cc(C(F)(F)F)[nH]n2)o1)N1CCCC[C@H]1c1nccs1. The first kappa shape index (κ1) is 19.2. The van der Waals surface area contributed by atoms with Crippen molar-refractivity contribution in [3.8, 4) is 11.5 Å². The molecular formula is C16H15F3N4O3S2. The number of alkyl halides is 3. The summed E-state index contributed by atoms with van der Waals surface area (Å²) in [4.78, 5) is 4.24. The Morgan fingerprint density at radius 3 is 2.79 bits per heavy atom. The molecule has 1 saturated heterocycles. The largest absolute Gasteiger partial charge is 0.442 e. The first-order valence-corrected chi connectivity index (χ1v) is 10.7. The van der Waals surface area contributed by atoms with Crippen LogP contribution in [-0.2, 0) is 16.2 Å². The summed E-state index contributed by atoms with van der Waals surface area (Å²) < 4.78 is 71.1. The number of nitrogens with zero attached hydrogens (tertiary/aromatic N) is 3. The molecule has 1 aliphatic rings. The van der Waals surface area contributed by atoms with Gasteiger partial charge in [-0.1, -0.05) is 6.42 Å². The summed E-state index contributed by atoms with van der Waals surface area (Å²) in [7, 11) is -3.97. The average molecular weight is 432 g/mol. The van der Waals surface area contributed by atoms with Gasteiger partial charge in [-0.05, 0) is 31.0 Å². The number of halogens is 3. The Bertz CT molecular complexity index is 1060. The molecule has 7 nitrogen and oxygen atoms in total. The van der Waals surface area contributed by atoms with E-state index in [-0.39, 0.29) is 22.6 Å². The van der Waals surface area contributed by atoms with Crippen LogP contribution in [0.3, 0.4) is 0 Å². The highest BCUT2D eigenvalue weighted by atomic mass is 32.2. The fourth-order valence-electron chi connectivity index (χ4n) is 3.14. The Kier molecular flexibility index (Phi) is 4.79. The molecule has 1 aliphatic heterocycles. The van der Waals surface area contributed by atoms with E-state index < -0.39 is 21.9 Å². The minimum Gasteiger partial charge on any atom is -0.442 e. The maximum absolute atomic E-state index is 13.1. The Hall–Kier alpha value is -2.18. The van der Waals surface area contributed by atoms with Gasteiger partial charge < -0.3 is 4.42 Å². The van der Waals surface area contributed by atoms with E-state index in [1.807, 2.05) is 5.10 Å². The van der Waals surface area contributed by atoms with Gasteiger partial charge in [0.2, 0.25) is 5.09 Å². The molecule has 3 aromatic rings. The Morgan fingerprint density at radius 2 is 2.11 bits per heavy atom. The highest BCUT2D eigenvalue weighted by Gasteiger charge is 2.38. The fraction of sp³-hybridized carbons (Fsp3) is 0.375. The number of nitrogens with one attached hydrogen (secondary N) is 1. The van der Waals surface area contributed by atoms with Crippen molar-refractivity contribution in [2.24, 2.45) is 0 Å². The highest BCUT2D eigenvalue weighted by molar-refractivity contribution is 7.89. The second kappa shape index (κ2) is 7.01. The number of sulfonamides is 1. The number of furan rings is 1. The zero-order valence-corrected chi connectivity index (χ0v) is 15.9. The molecule has 0 spiro atoms. The van der Waals surface area contributed by atoms with Crippen LogP contribution in [0.5, 0.6) is 0 Å². The molecule has 0 bridgehead atoms. The molecule has 4 heterocycles. The van der Waals surface area contributed by atoms with Crippen molar-refractivity contribution >= 4 is 21.4 Å². The van der Waals surface area contributed by atoms with Crippen LogP contribution in [0.15, 0.2) is 39.3 Å². The zero-order chi connectivity index (χ0) is 19.9. The minimum absolute atomic E-state index is 0.0619. The number of rotatable bonds is 4. The first-order chi connectivity index (χ1) is 13.3. The third-order valence-corrected chi connectivity index (χ3v) is 7.13. The second-order valence-corrected chi connectivity index (χ2v) is 9.03. The molecule has 0 saturated carbocycles. The van der Waals surface area contributed by atoms with Gasteiger partial charge in [-0.15, -0.1) is 11.3 Å². The third kappa shape index (κ3) is 3.47. The van der Waals surface area contributed by atoms with Crippen LogP contribution >= 0.6 is 11.3 Å². The van der Waals surface area contributed by atoms with E-state index in [0.717, 1.165) is 12.5 Å². The molecule has 0 aliphatic carbocycles. The van der Waals surface area contributed by atoms with Crippen molar-refractivity contribution in [1.82, 2.24) is 19.5 Å². The molecule has 1 atom stereocenters. The first-order valence-electron chi connectivity index (χ1n) is 8.41. The molecule has 0 radical (unpaired) electrons. The summed E-state index contributed by atoms with van der Waals surface area (Å²) >= 11 is 1.38. The normalized spacial score (nSPS) is 19.2. The lowest BCUT2D eigenvalue weighted by Gasteiger charge is -2.32. The van der Waals surface area contributed by atoms with Crippen LogP contribution in [0.1, 0.15) is 36.0 Å². The smallest absolute Gasteiger partial charge is 0.432 e. The number of piperidine rings is 1. The maximum atomic E-state index is 13.1. The number of hydrogen-bond acceptors (Lipinski definition) is 6. The lowest BCUT2D eigenvalue weighted by molar-refractivity contribution is -0.141. The summed E-state index contributed by atoms with van der Waals surface area (Å²) in [5.74, 6) is -0.0619. The van der Waals surface area contributed by atoms with Crippen LogP contribution in [-0.4, -0.2) is 34.4 Å². The Balaban J connectivity index is 1.64. The van der Waals surface area contributed by atoms with Gasteiger partial charge >= 0.3 is 6.18 Å². The lowest BCUT2D eigenvalue weighted by atomic mass is 10.1. The van der Waals surface area contributed by atoms with Gasteiger partial charge in [-0.2, -0.15) is 22.6 Å². The quantitative estimate of drug-likeness (QED) is 0.671. The van der Waals surface area contributed by atoms with E-state index in [4.69, 9.17) is 4.42 Å². The number of hydrogen-bond donors (Lipinski definition) is 1. The number of thiazole rings is 1. The van der Waals surface area contributed by atoms with Gasteiger partial charge in [-0.3, -0.25) is 5.10 Å². The van der Waals surface area contributed by atoms with E-state index in [1.54, 1.807) is 11.6 Å². The van der Waals surface area contributed by atoms with Gasteiger partial charge in [0.1, 0.15) is 16.4 Å². The molecule has 12 heteroatoms. The number of aromatic nitrogens is 3. The number of aromatic amines is 1. The summed E-state index contributed by atoms with van der Waals surface area (Å²) in [6.45, 7) is 0.323. The maximum Gasteiger partial charge on any atom is 0.432 e. The summed E-state index contributed by atoms with van der Waals surface area (Å²) in [6, 6.07) is 2.93. The highest BCUT2D eigenvalue weighted by Crippen LogP contribution is 2.37. The van der Waals surface area contributed by atoms with Crippen LogP contribution in [0.4, 0.5) is 13.2 Å². The van der Waals surface area contributed by atoms with Crippen LogP contribution in [0.2, 0.25) is 0 Å². The lowest BCUT2D eigenvalue weighted by Crippen LogP contribution is -2.38. The van der Waals surface area contributed by atoms with Crippen LogP contribution in [0.25, 0.3) is 11.5 Å². The van der Waals surface area contributed by atoms with Gasteiger partial charge in [0.05, 0.1) is 6.04 Å². The molecule has 150 valence electrons. The second-order valence-electron chi connectivity index (χ2n) is 6.28. The van der Waals surface area contributed by atoms with E-state index >= 15 is 0 Å². The topological polar surface area (TPSA) is 92.1 Å². The van der Waals surface area contributed by atoms with E-state index in [9.17, 15) is 21.6 Å². The van der Waals surface area contributed by atoms with Crippen molar-refractivity contribution < 1.29 is 26.0 Å². The number of H-pyrrole nitrogens is 1. The molecule has 3 aromatic heterocycles. The van der Waals surface area contributed by atoms with Crippen molar-refractivity contribution in [1.29, 1.82) is 0 Å². The predicted molar refractivity (Wildman–Crippen MR) is 93.9 cm³/mol. The van der Waals surface area contributed by atoms with Gasteiger partial charge in [0.25, 0.3) is 10.0 Å². The molecule has 0 amide bonds. The van der Waals surface area contributed by atoms with Gasteiger partial charge in [0, 0.05) is 18.1 Å². The van der Waals surface area contributed by atoms with Crippen molar-refractivity contribution in [2.45, 2.75) is 36.6 Å². The minimum atomic E-state index is -4.58. The van der Waals surface area contributed by atoms with E-state index in [2.05, 4.69) is 10.1 Å². The van der Waals surface area contributed by atoms with Gasteiger partial charge in [-0.25, -0.2) is 13.4 Å². The van der Waals surface area contributed by atoms with Crippen molar-refractivity contribution in [2.75, 3.05) is 6.54 Å².